The van der Waals surface area contributed by atoms with E-state index in [1.807, 2.05) is 6.20 Å². The monoisotopic (exact) mass is 305 g/mol. The zero-order valence-corrected chi connectivity index (χ0v) is 13.4. The molecule has 0 saturated carbocycles. The second-order valence-corrected chi connectivity index (χ2v) is 6.57. The van der Waals surface area contributed by atoms with Crippen LogP contribution in [0, 0.1) is 5.92 Å². The number of hydrogen-bond acceptors (Lipinski definition) is 5. The number of hydrogen-bond donors (Lipinski definition) is 1. The number of ether oxygens (including phenoxy) is 1. The lowest BCUT2D eigenvalue weighted by molar-refractivity contribution is 0.197. The first kappa shape index (κ1) is 14.8. The minimum atomic E-state index is 0.700. The van der Waals surface area contributed by atoms with Gasteiger partial charge in [0.1, 0.15) is 5.82 Å². The third kappa shape index (κ3) is 3.54. The molecule has 3 rings (SSSR count). The minimum absolute atomic E-state index is 0.700. The molecule has 2 aromatic heterocycles. The molecule has 0 radical (unpaired) electrons. The van der Waals surface area contributed by atoms with Crippen LogP contribution < -0.4 is 10.2 Å². The van der Waals surface area contributed by atoms with E-state index in [2.05, 4.69) is 32.7 Å². The fourth-order valence-corrected chi connectivity index (χ4v) is 3.81. The van der Waals surface area contributed by atoms with E-state index < -0.39 is 0 Å². The summed E-state index contributed by atoms with van der Waals surface area (Å²) in [4.78, 5) is 7.10. The normalized spacial score (nSPS) is 19.3. The lowest BCUT2D eigenvalue weighted by atomic mass is 9.98. The van der Waals surface area contributed by atoms with E-state index in [1.54, 1.807) is 18.4 Å². The van der Waals surface area contributed by atoms with Gasteiger partial charge >= 0.3 is 0 Å². The maximum absolute atomic E-state index is 5.08. The van der Waals surface area contributed by atoms with Crippen molar-refractivity contribution in [2.75, 3.05) is 44.8 Å². The molecule has 1 aliphatic heterocycles. The number of nitrogens with zero attached hydrogens (tertiary/aromatic N) is 2. The number of nitrogens with one attached hydrogen (secondary N) is 1. The van der Waals surface area contributed by atoms with E-state index in [0.29, 0.717) is 5.92 Å². The van der Waals surface area contributed by atoms with Crippen molar-refractivity contribution in [2.45, 2.75) is 12.8 Å². The van der Waals surface area contributed by atoms with Crippen LogP contribution in [0.4, 0.5) is 5.82 Å². The molecule has 0 amide bonds. The van der Waals surface area contributed by atoms with Crippen molar-refractivity contribution in [3.63, 3.8) is 0 Å². The van der Waals surface area contributed by atoms with Crippen LogP contribution in [-0.2, 0) is 4.74 Å². The minimum Gasteiger partial charge on any atom is -0.383 e. The van der Waals surface area contributed by atoms with Crippen molar-refractivity contribution >= 4 is 27.2 Å². The molecule has 5 heteroatoms. The summed E-state index contributed by atoms with van der Waals surface area (Å²) in [5.74, 6) is 1.86. The summed E-state index contributed by atoms with van der Waals surface area (Å²) in [5.41, 5.74) is 0. The first-order valence-electron chi connectivity index (χ1n) is 7.65. The topological polar surface area (TPSA) is 37.4 Å². The quantitative estimate of drug-likeness (QED) is 0.833. The predicted octanol–water partition coefficient (Wildman–Crippen LogP) is 2.75. The van der Waals surface area contributed by atoms with Gasteiger partial charge < -0.3 is 15.0 Å². The Balaban J connectivity index is 1.64. The van der Waals surface area contributed by atoms with Crippen molar-refractivity contribution < 1.29 is 4.74 Å². The molecule has 114 valence electrons. The Bertz CT molecular complexity index is 571. The Labute approximate surface area is 130 Å². The lowest BCUT2D eigenvalue weighted by Gasteiger charge is -2.34. The molecule has 0 bridgehead atoms. The Kier molecular flexibility index (Phi) is 5.06. The fraction of sp³-hybridized carbons (Fsp3) is 0.562. The predicted molar refractivity (Wildman–Crippen MR) is 89.3 cm³/mol. The van der Waals surface area contributed by atoms with Crippen molar-refractivity contribution in [2.24, 2.45) is 5.92 Å². The van der Waals surface area contributed by atoms with Gasteiger partial charge in [0.2, 0.25) is 0 Å². The average Bonchev–Trinajstić information content (AvgIpc) is 3.00. The standard InChI is InChI=1S/C16H23N3OS/c1-20-9-7-17-11-13-3-2-8-19(12-13)16-14-5-10-21-15(14)4-6-18-16/h4-6,10,13,17H,2-3,7-9,11-12H2,1H3. The van der Waals surface area contributed by atoms with Crippen LogP contribution in [0.3, 0.4) is 0 Å². The smallest absolute Gasteiger partial charge is 0.137 e. The zero-order chi connectivity index (χ0) is 14.5. The van der Waals surface area contributed by atoms with Crippen LogP contribution in [0.15, 0.2) is 23.7 Å². The summed E-state index contributed by atoms with van der Waals surface area (Å²) in [6, 6.07) is 4.31. The summed E-state index contributed by atoms with van der Waals surface area (Å²) in [7, 11) is 1.75. The molecule has 0 aromatic carbocycles. The Morgan fingerprint density at radius 3 is 3.33 bits per heavy atom. The molecule has 1 fully saturated rings. The van der Waals surface area contributed by atoms with Crippen LogP contribution in [0.25, 0.3) is 10.1 Å². The summed E-state index contributed by atoms with van der Waals surface area (Å²) < 4.78 is 6.41. The fourth-order valence-electron chi connectivity index (χ4n) is 3.04. The van der Waals surface area contributed by atoms with Gasteiger partial charge in [-0.3, -0.25) is 0 Å². The Morgan fingerprint density at radius 1 is 1.48 bits per heavy atom. The molecule has 0 aliphatic carbocycles. The zero-order valence-electron chi connectivity index (χ0n) is 12.5. The van der Waals surface area contributed by atoms with E-state index in [0.717, 1.165) is 38.6 Å². The van der Waals surface area contributed by atoms with Crippen LogP contribution in [0.5, 0.6) is 0 Å². The summed E-state index contributed by atoms with van der Waals surface area (Å²) in [6.07, 6.45) is 4.49. The van der Waals surface area contributed by atoms with Crippen LogP contribution in [-0.4, -0.2) is 44.9 Å². The summed E-state index contributed by atoms with van der Waals surface area (Å²) in [6.45, 7) is 5.01. The molecular formula is C16H23N3OS. The van der Waals surface area contributed by atoms with Gasteiger partial charge in [0.25, 0.3) is 0 Å². The summed E-state index contributed by atoms with van der Waals surface area (Å²) in [5, 5.41) is 6.95. The van der Waals surface area contributed by atoms with Crippen LogP contribution >= 0.6 is 11.3 Å². The highest BCUT2D eigenvalue weighted by molar-refractivity contribution is 7.17. The third-order valence-corrected chi connectivity index (χ3v) is 4.98. The second-order valence-electron chi connectivity index (χ2n) is 5.62. The maximum atomic E-state index is 5.08. The highest BCUT2D eigenvalue weighted by atomic mass is 32.1. The number of methoxy groups -OCH3 is 1. The molecule has 2 aromatic rings. The molecule has 3 heterocycles. The van der Waals surface area contributed by atoms with Gasteiger partial charge in [-0.25, -0.2) is 4.98 Å². The van der Waals surface area contributed by atoms with Crippen LogP contribution in [0.2, 0.25) is 0 Å². The molecule has 1 saturated heterocycles. The maximum Gasteiger partial charge on any atom is 0.137 e. The highest BCUT2D eigenvalue weighted by Crippen LogP contribution is 2.30. The lowest BCUT2D eigenvalue weighted by Crippen LogP contribution is -2.40. The Hall–Kier alpha value is -1.17. The number of aromatic nitrogens is 1. The molecule has 1 unspecified atom stereocenters. The molecule has 21 heavy (non-hydrogen) atoms. The largest absolute Gasteiger partial charge is 0.383 e. The number of pyridine rings is 1. The average molecular weight is 305 g/mol. The molecule has 0 spiro atoms. The molecule has 1 aliphatic rings. The number of anilines is 1. The van der Waals surface area contributed by atoms with Gasteiger partial charge in [-0.2, -0.15) is 0 Å². The number of piperidine rings is 1. The van der Waals surface area contributed by atoms with Crippen molar-refractivity contribution in [3.8, 4) is 0 Å². The molecule has 1 N–H and O–H groups in total. The van der Waals surface area contributed by atoms with E-state index in [4.69, 9.17) is 4.74 Å². The molecule has 1 atom stereocenters. The van der Waals surface area contributed by atoms with Gasteiger partial charge in [0, 0.05) is 43.0 Å². The first-order valence-corrected chi connectivity index (χ1v) is 8.53. The number of rotatable bonds is 6. The van der Waals surface area contributed by atoms with E-state index >= 15 is 0 Å². The van der Waals surface area contributed by atoms with Crippen molar-refractivity contribution in [3.05, 3.63) is 23.7 Å². The highest BCUT2D eigenvalue weighted by Gasteiger charge is 2.22. The van der Waals surface area contributed by atoms with E-state index in [9.17, 15) is 0 Å². The van der Waals surface area contributed by atoms with Gasteiger partial charge in [-0.15, -0.1) is 11.3 Å². The van der Waals surface area contributed by atoms with Crippen molar-refractivity contribution in [1.29, 1.82) is 0 Å². The Morgan fingerprint density at radius 2 is 2.43 bits per heavy atom. The first-order chi connectivity index (χ1) is 10.4. The summed E-state index contributed by atoms with van der Waals surface area (Å²) >= 11 is 1.79. The molecule has 4 nitrogen and oxygen atoms in total. The van der Waals surface area contributed by atoms with Gasteiger partial charge in [-0.1, -0.05) is 0 Å². The SMILES string of the molecule is COCCNCC1CCCN(c2nccc3sccc23)C1. The number of fused-ring (bicyclic) bond motifs is 1. The third-order valence-electron chi connectivity index (χ3n) is 4.09. The van der Waals surface area contributed by atoms with Crippen molar-refractivity contribution in [1.82, 2.24) is 10.3 Å². The van der Waals surface area contributed by atoms with Gasteiger partial charge in [0.15, 0.2) is 0 Å². The second kappa shape index (κ2) is 7.20. The number of thiophene rings is 1. The van der Waals surface area contributed by atoms with E-state index in [-0.39, 0.29) is 0 Å². The van der Waals surface area contributed by atoms with Gasteiger partial charge in [0.05, 0.1) is 6.61 Å². The molecular weight excluding hydrogens is 282 g/mol. The van der Waals surface area contributed by atoms with E-state index in [1.165, 1.54) is 22.9 Å². The van der Waals surface area contributed by atoms with Gasteiger partial charge in [-0.05, 0) is 42.8 Å². The van der Waals surface area contributed by atoms with Crippen LogP contribution in [0.1, 0.15) is 12.8 Å².